The molecule has 1 fully saturated rings. The van der Waals surface area contributed by atoms with Gasteiger partial charge < -0.3 is 10.0 Å². The number of halogens is 4. The summed E-state index contributed by atoms with van der Waals surface area (Å²) < 4.78 is 81.1. The molecule has 1 aromatic carbocycles. The number of alkyl halides is 3. The third-order valence-corrected chi connectivity index (χ3v) is 10.9. The van der Waals surface area contributed by atoms with E-state index in [2.05, 4.69) is 0 Å². The Labute approximate surface area is 216 Å². The molecule has 2 aliphatic rings. The maximum absolute atomic E-state index is 13.3. The van der Waals surface area contributed by atoms with Crippen LogP contribution in [0, 0.1) is 5.82 Å². The number of benzene rings is 1. The molecule has 2 heterocycles. The van der Waals surface area contributed by atoms with Gasteiger partial charge in [-0.05, 0) is 67.1 Å². The number of nitrogens with zero attached hydrogens (tertiary/aromatic N) is 2. The summed E-state index contributed by atoms with van der Waals surface area (Å²) >= 11 is 2.61. The summed E-state index contributed by atoms with van der Waals surface area (Å²) in [5.41, 5.74) is -2.20. The number of piperazine rings is 1. The van der Waals surface area contributed by atoms with E-state index in [1.807, 2.05) is 4.90 Å². The SMILES string of the molecule is CC(O)(C1=CC=C(N2CCN(S(=O)(=O)c3cccs3)CC2CSc2ccc(F)cc2)CC1)C(F)(F)F. The predicted octanol–water partition coefficient (Wildman–Crippen LogP) is 5.27. The van der Waals surface area contributed by atoms with Crippen molar-refractivity contribution in [1.82, 2.24) is 9.21 Å². The fourth-order valence-electron chi connectivity index (χ4n) is 4.28. The molecule has 1 aliphatic heterocycles. The number of thiophene rings is 1. The van der Waals surface area contributed by atoms with Gasteiger partial charge in [-0.25, -0.2) is 12.8 Å². The van der Waals surface area contributed by atoms with E-state index in [1.54, 1.807) is 35.7 Å². The number of aliphatic hydroxyl groups is 1. The quantitative estimate of drug-likeness (QED) is 0.368. The first-order chi connectivity index (χ1) is 16.9. The van der Waals surface area contributed by atoms with E-state index in [4.69, 9.17) is 0 Å². The van der Waals surface area contributed by atoms with Gasteiger partial charge in [0.25, 0.3) is 10.0 Å². The lowest BCUT2D eigenvalue weighted by Crippen LogP contribution is -2.55. The lowest BCUT2D eigenvalue weighted by atomic mass is 9.87. The van der Waals surface area contributed by atoms with Crippen molar-refractivity contribution in [1.29, 1.82) is 0 Å². The van der Waals surface area contributed by atoms with Gasteiger partial charge in [0.2, 0.25) is 0 Å². The maximum Gasteiger partial charge on any atom is 0.420 e. The Morgan fingerprint density at radius 3 is 2.42 bits per heavy atom. The van der Waals surface area contributed by atoms with Crippen LogP contribution in [0.1, 0.15) is 19.8 Å². The first-order valence-electron chi connectivity index (χ1n) is 11.3. The van der Waals surface area contributed by atoms with Crippen molar-refractivity contribution in [2.24, 2.45) is 0 Å². The van der Waals surface area contributed by atoms with Crippen molar-refractivity contribution in [3.05, 3.63) is 71.0 Å². The van der Waals surface area contributed by atoms with E-state index < -0.39 is 21.8 Å². The van der Waals surface area contributed by atoms with Crippen LogP contribution in [0.4, 0.5) is 17.6 Å². The first-order valence-corrected chi connectivity index (χ1v) is 14.6. The van der Waals surface area contributed by atoms with Crippen LogP contribution in [-0.2, 0) is 10.0 Å². The van der Waals surface area contributed by atoms with Crippen LogP contribution in [0.15, 0.2) is 74.3 Å². The minimum absolute atomic E-state index is 0.0455. The molecular weight excluding hydrogens is 536 g/mol. The zero-order valence-corrected chi connectivity index (χ0v) is 21.9. The molecule has 36 heavy (non-hydrogen) atoms. The highest BCUT2D eigenvalue weighted by molar-refractivity contribution is 7.99. The van der Waals surface area contributed by atoms with Crippen molar-refractivity contribution in [2.75, 3.05) is 25.4 Å². The Morgan fingerprint density at radius 2 is 1.83 bits per heavy atom. The van der Waals surface area contributed by atoms with Crippen LogP contribution >= 0.6 is 23.1 Å². The van der Waals surface area contributed by atoms with Crippen LogP contribution in [0.3, 0.4) is 0 Å². The van der Waals surface area contributed by atoms with Crippen LogP contribution in [0.2, 0.25) is 0 Å². The number of rotatable bonds is 7. The van der Waals surface area contributed by atoms with Gasteiger partial charge in [0.05, 0.1) is 6.04 Å². The number of sulfonamides is 1. The molecule has 0 saturated carbocycles. The summed E-state index contributed by atoms with van der Waals surface area (Å²) in [5.74, 6) is 0.146. The molecule has 4 rings (SSSR count). The third-order valence-electron chi connectivity index (χ3n) is 6.46. The molecule has 196 valence electrons. The van der Waals surface area contributed by atoms with Crippen molar-refractivity contribution >= 4 is 33.1 Å². The van der Waals surface area contributed by atoms with Crippen molar-refractivity contribution in [3.8, 4) is 0 Å². The summed E-state index contributed by atoms with van der Waals surface area (Å²) in [4.78, 5) is 2.88. The van der Waals surface area contributed by atoms with Gasteiger partial charge >= 0.3 is 6.18 Å². The Hall–Kier alpha value is -1.86. The zero-order valence-electron chi connectivity index (χ0n) is 19.4. The number of hydrogen-bond acceptors (Lipinski definition) is 6. The van der Waals surface area contributed by atoms with E-state index >= 15 is 0 Å². The average Bonchev–Trinajstić information content (AvgIpc) is 3.39. The molecule has 2 atom stereocenters. The largest absolute Gasteiger partial charge is 0.420 e. The lowest BCUT2D eigenvalue weighted by Gasteiger charge is -2.44. The van der Waals surface area contributed by atoms with Gasteiger partial charge in [-0.3, -0.25) is 0 Å². The summed E-state index contributed by atoms with van der Waals surface area (Å²) in [7, 11) is -3.66. The number of thioether (sulfide) groups is 1. The zero-order chi connectivity index (χ0) is 26.1. The second-order valence-electron chi connectivity index (χ2n) is 8.83. The summed E-state index contributed by atoms with van der Waals surface area (Å²) in [6.07, 6.45) is -1.51. The first kappa shape index (κ1) is 27.2. The Bertz CT molecular complexity index is 1220. The molecule has 1 N–H and O–H groups in total. The average molecular weight is 563 g/mol. The molecular formula is C24H26F4N2O3S3. The van der Waals surface area contributed by atoms with E-state index in [9.17, 15) is 31.1 Å². The van der Waals surface area contributed by atoms with Gasteiger partial charge in [0, 0.05) is 36.0 Å². The minimum atomic E-state index is -4.78. The monoisotopic (exact) mass is 562 g/mol. The van der Waals surface area contributed by atoms with Gasteiger partial charge in [0.15, 0.2) is 5.60 Å². The lowest BCUT2D eigenvalue weighted by molar-refractivity contribution is -0.237. The molecule has 0 radical (unpaired) electrons. The van der Waals surface area contributed by atoms with Gasteiger partial charge in [-0.15, -0.1) is 23.1 Å². The van der Waals surface area contributed by atoms with Crippen molar-refractivity contribution < 1.29 is 31.1 Å². The van der Waals surface area contributed by atoms with Crippen molar-refractivity contribution in [2.45, 2.75) is 46.7 Å². The molecule has 0 amide bonds. The third kappa shape index (κ3) is 5.67. The molecule has 0 bridgehead atoms. The van der Waals surface area contributed by atoms with Gasteiger partial charge in [0.1, 0.15) is 10.0 Å². The molecule has 2 unspecified atom stereocenters. The second-order valence-corrected chi connectivity index (χ2v) is 13.0. The summed E-state index contributed by atoms with van der Waals surface area (Å²) in [6, 6.07) is 9.02. The van der Waals surface area contributed by atoms with E-state index in [0.29, 0.717) is 18.7 Å². The Kier molecular flexibility index (Phi) is 7.92. The number of hydrogen-bond donors (Lipinski definition) is 1. The Morgan fingerprint density at radius 1 is 1.11 bits per heavy atom. The normalized spacial score (nSPS) is 21.6. The summed E-state index contributed by atoms with van der Waals surface area (Å²) in [5, 5.41) is 11.7. The highest BCUT2D eigenvalue weighted by Gasteiger charge is 2.52. The molecule has 2 aromatic rings. The molecule has 1 saturated heterocycles. The van der Waals surface area contributed by atoms with E-state index in [0.717, 1.165) is 28.9 Å². The number of allylic oxidation sites excluding steroid dienone is 3. The van der Waals surface area contributed by atoms with E-state index in [1.165, 1.54) is 34.3 Å². The van der Waals surface area contributed by atoms with Crippen molar-refractivity contribution in [3.63, 3.8) is 0 Å². The molecule has 5 nitrogen and oxygen atoms in total. The smallest absolute Gasteiger partial charge is 0.377 e. The van der Waals surface area contributed by atoms with Crippen LogP contribution in [-0.4, -0.2) is 65.9 Å². The fraction of sp³-hybridized carbons (Fsp3) is 0.417. The topological polar surface area (TPSA) is 60.9 Å². The van der Waals surface area contributed by atoms with Crippen LogP contribution in [0.25, 0.3) is 0 Å². The molecule has 12 heteroatoms. The fourth-order valence-corrected chi connectivity index (χ4v) is 7.89. The van der Waals surface area contributed by atoms with Crippen LogP contribution in [0.5, 0.6) is 0 Å². The molecule has 1 aliphatic carbocycles. The Balaban J connectivity index is 1.57. The molecule has 1 aromatic heterocycles. The van der Waals surface area contributed by atoms with Crippen LogP contribution < -0.4 is 0 Å². The molecule has 0 spiro atoms. The highest BCUT2D eigenvalue weighted by atomic mass is 32.2. The predicted molar refractivity (Wildman–Crippen MR) is 133 cm³/mol. The van der Waals surface area contributed by atoms with Gasteiger partial charge in [-0.1, -0.05) is 12.1 Å². The highest BCUT2D eigenvalue weighted by Crippen LogP contribution is 2.40. The van der Waals surface area contributed by atoms with Gasteiger partial charge in [-0.2, -0.15) is 17.5 Å². The second kappa shape index (κ2) is 10.5. The minimum Gasteiger partial charge on any atom is -0.377 e. The van der Waals surface area contributed by atoms with E-state index in [-0.39, 0.29) is 41.2 Å². The maximum atomic E-state index is 13.3. The summed E-state index contributed by atoms with van der Waals surface area (Å²) in [6.45, 7) is 1.59. The standard InChI is InChI=1S/C24H26F4N2O3S3/c1-23(31,24(26,27)28)17-4-8-19(9-5-17)30-13-12-29(36(32,33)22-3-2-14-34-22)15-20(30)16-35-21-10-6-18(25)7-11-21/h2-4,6-8,10-11,14,20,31H,5,9,12-13,15-16H2,1H3.